The van der Waals surface area contributed by atoms with Crippen LogP contribution in [0.25, 0.3) is 17.5 Å². The smallest absolute Gasteiger partial charge is 0.465 e. The van der Waals surface area contributed by atoms with Gasteiger partial charge in [-0.2, -0.15) is 18.2 Å². The molecule has 200 valence electrons. The van der Waals surface area contributed by atoms with Crippen molar-refractivity contribution in [3.05, 3.63) is 95.8 Å². The lowest BCUT2D eigenvalue weighted by Gasteiger charge is -2.32. The Morgan fingerprint density at radius 2 is 1.79 bits per heavy atom. The lowest BCUT2D eigenvalue weighted by atomic mass is 9.89. The Bertz CT molecular complexity index is 1470. The number of amides is 2. The van der Waals surface area contributed by atoms with Crippen LogP contribution in [0.15, 0.2) is 81.9 Å². The van der Waals surface area contributed by atoms with Crippen LogP contribution < -0.4 is 5.32 Å². The van der Waals surface area contributed by atoms with E-state index in [1.54, 1.807) is 35.2 Å². The van der Waals surface area contributed by atoms with E-state index in [1.165, 1.54) is 24.5 Å². The first-order valence-corrected chi connectivity index (χ1v) is 12.2. The summed E-state index contributed by atoms with van der Waals surface area (Å²) in [5, 5.41) is 6.20. The molecule has 0 spiro atoms. The second-order valence-corrected chi connectivity index (χ2v) is 9.03. The van der Waals surface area contributed by atoms with Crippen LogP contribution in [0.5, 0.6) is 0 Å². The maximum absolute atomic E-state index is 13.1. The third-order valence-corrected chi connectivity index (χ3v) is 6.41. The number of aromatic nitrogens is 2. The first kappa shape index (κ1) is 26.0. The highest BCUT2D eigenvalue weighted by Gasteiger charge is 2.38. The van der Waals surface area contributed by atoms with Gasteiger partial charge in [-0.15, -0.1) is 0 Å². The standard InChI is InChI=1S/C28H23F3N4O4/c29-28(30,31)27-33-25(34-39-27)20-3-1-4-21(17-20)26(37)35-14-12-19(13-15-35)18-6-8-22(9-7-18)32-24(36)11-10-23-5-2-16-38-23/h1-11,16-17,19H,12-15H2,(H,32,36)/b11-10+. The van der Waals surface area contributed by atoms with Gasteiger partial charge in [0.05, 0.1) is 6.26 Å². The van der Waals surface area contributed by atoms with Crippen LogP contribution in [-0.4, -0.2) is 39.9 Å². The number of furan rings is 1. The number of alkyl halides is 3. The summed E-state index contributed by atoms with van der Waals surface area (Å²) in [7, 11) is 0. The van der Waals surface area contributed by atoms with E-state index in [1.807, 2.05) is 24.3 Å². The number of nitrogens with zero attached hydrogens (tertiary/aromatic N) is 3. The van der Waals surface area contributed by atoms with E-state index in [2.05, 4.69) is 20.0 Å². The van der Waals surface area contributed by atoms with E-state index in [4.69, 9.17) is 4.42 Å². The van der Waals surface area contributed by atoms with Crippen molar-refractivity contribution < 1.29 is 31.7 Å². The zero-order valence-corrected chi connectivity index (χ0v) is 20.5. The number of hydrogen-bond acceptors (Lipinski definition) is 6. The van der Waals surface area contributed by atoms with Gasteiger partial charge in [0.25, 0.3) is 5.91 Å². The lowest BCUT2D eigenvalue weighted by Crippen LogP contribution is -2.37. The fourth-order valence-corrected chi connectivity index (χ4v) is 4.41. The predicted octanol–water partition coefficient (Wildman–Crippen LogP) is 6.02. The monoisotopic (exact) mass is 536 g/mol. The van der Waals surface area contributed by atoms with Crippen molar-refractivity contribution in [3.63, 3.8) is 0 Å². The molecule has 0 atom stereocenters. The summed E-state index contributed by atoms with van der Waals surface area (Å²) in [6.07, 6.45) is 1.28. The number of nitrogens with one attached hydrogen (secondary N) is 1. The van der Waals surface area contributed by atoms with Crippen LogP contribution in [0.1, 0.15) is 46.3 Å². The molecule has 2 amide bonds. The molecule has 5 rings (SSSR count). The number of halogens is 3. The molecule has 4 aromatic rings. The largest absolute Gasteiger partial charge is 0.471 e. The average molecular weight is 537 g/mol. The number of likely N-dealkylation sites (tertiary alicyclic amines) is 1. The first-order chi connectivity index (χ1) is 18.8. The molecule has 1 aliphatic rings. The van der Waals surface area contributed by atoms with Crippen molar-refractivity contribution in [1.29, 1.82) is 0 Å². The van der Waals surface area contributed by atoms with Crippen molar-refractivity contribution in [1.82, 2.24) is 15.0 Å². The SMILES string of the molecule is O=C(/C=C/c1ccco1)Nc1ccc(C2CCN(C(=O)c3cccc(-c4noc(C(F)(F)F)n4)c3)CC2)cc1. The summed E-state index contributed by atoms with van der Waals surface area (Å²) in [6.45, 7) is 1.06. The summed E-state index contributed by atoms with van der Waals surface area (Å²) in [4.78, 5) is 30.3. The maximum atomic E-state index is 13.1. The maximum Gasteiger partial charge on any atom is 0.471 e. The van der Waals surface area contributed by atoms with Crippen molar-refractivity contribution in [2.45, 2.75) is 24.9 Å². The molecule has 0 bridgehead atoms. The van der Waals surface area contributed by atoms with Crippen molar-refractivity contribution in [2.75, 3.05) is 18.4 Å². The predicted molar refractivity (Wildman–Crippen MR) is 135 cm³/mol. The molecule has 39 heavy (non-hydrogen) atoms. The summed E-state index contributed by atoms with van der Waals surface area (Å²) in [5.41, 5.74) is 2.39. The van der Waals surface area contributed by atoms with Gasteiger partial charge in [-0.05, 0) is 66.8 Å². The summed E-state index contributed by atoms with van der Waals surface area (Å²) in [5.74, 6) is -1.31. The zero-order valence-electron chi connectivity index (χ0n) is 20.5. The van der Waals surface area contributed by atoms with Crippen molar-refractivity contribution in [2.24, 2.45) is 0 Å². The third-order valence-electron chi connectivity index (χ3n) is 6.41. The lowest BCUT2D eigenvalue weighted by molar-refractivity contribution is -0.159. The molecule has 0 aliphatic carbocycles. The van der Waals surface area contributed by atoms with Gasteiger partial charge in [0.15, 0.2) is 0 Å². The van der Waals surface area contributed by atoms with E-state index in [-0.39, 0.29) is 29.1 Å². The number of rotatable bonds is 6. The molecule has 0 unspecified atom stereocenters. The molecule has 8 nitrogen and oxygen atoms in total. The number of piperidine rings is 1. The van der Waals surface area contributed by atoms with Gasteiger partial charge in [0.1, 0.15) is 5.76 Å². The molecule has 1 aliphatic heterocycles. The van der Waals surface area contributed by atoms with Crippen LogP contribution in [0.4, 0.5) is 18.9 Å². The van der Waals surface area contributed by atoms with Gasteiger partial charge in [0, 0.05) is 36.0 Å². The normalized spacial score (nSPS) is 14.6. The summed E-state index contributed by atoms with van der Waals surface area (Å²) < 4.78 is 47.8. The van der Waals surface area contributed by atoms with Gasteiger partial charge in [-0.3, -0.25) is 9.59 Å². The van der Waals surface area contributed by atoms with Crippen LogP contribution in [0, 0.1) is 0 Å². The van der Waals surface area contributed by atoms with Crippen molar-refractivity contribution in [3.8, 4) is 11.4 Å². The third kappa shape index (κ3) is 6.25. The topological polar surface area (TPSA) is 101 Å². The van der Waals surface area contributed by atoms with E-state index in [9.17, 15) is 22.8 Å². The van der Waals surface area contributed by atoms with Crippen LogP contribution in [0.3, 0.4) is 0 Å². The molecule has 1 fully saturated rings. The van der Waals surface area contributed by atoms with E-state index in [0.717, 1.165) is 18.4 Å². The number of benzene rings is 2. The highest BCUT2D eigenvalue weighted by molar-refractivity contribution is 6.01. The van der Waals surface area contributed by atoms with Crippen LogP contribution in [0.2, 0.25) is 0 Å². The Labute approximate surface area is 221 Å². The van der Waals surface area contributed by atoms with Gasteiger partial charge < -0.3 is 19.2 Å². The first-order valence-electron chi connectivity index (χ1n) is 12.2. The van der Waals surface area contributed by atoms with Gasteiger partial charge in [-0.25, -0.2) is 0 Å². The second-order valence-electron chi connectivity index (χ2n) is 9.03. The minimum absolute atomic E-state index is 0.212. The number of hydrogen-bond donors (Lipinski definition) is 1. The minimum Gasteiger partial charge on any atom is -0.465 e. The molecule has 2 aromatic heterocycles. The molecule has 1 saturated heterocycles. The van der Waals surface area contributed by atoms with E-state index < -0.39 is 12.1 Å². The Morgan fingerprint density at radius 3 is 2.46 bits per heavy atom. The van der Waals surface area contributed by atoms with E-state index >= 15 is 0 Å². The molecule has 0 radical (unpaired) electrons. The summed E-state index contributed by atoms with van der Waals surface area (Å²) in [6, 6.07) is 17.3. The zero-order chi connectivity index (χ0) is 27.4. The minimum atomic E-state index is -4.74. The molecule has 11 heteroatoms. The van der Waals surface area contributed by atoms with Gasteiger partial charge in [-0.1, -0.05) is 29.4 Å². The Morgan fingerprint density at radius 1 is 1.03 bits per heavy atom. The van der Waals surface area contributed by atoms with Crippen LogP contribution in [-0.2, 0) is 11.0 Å². The molecule has 2 aromatic carbocycles. The highest BCUT2D eigenvalue weighted by Crippen LogP contribution is 2.31. The van der Waals surface area contributed by atoms with Gasteiger partial charge in [0.2, 0.25) is 11.7 Å². The number of carbonyl (C=O) groups is 2. The molecule has 1 N–H and O–H groups in total. The quantitative estimate of drug-likeness (QED) is 0.303. The fourth-order valence-electron chi connectivity index (χ4n) is 4.41. The Balaban J connectivity index is 1.16. The molecule has 3 heterocycles. The summed E-state index contributed by atoms with van der Waals surface area (Å²) >= 11 is 0. The van der Waals surface area contributed by atoms with Crippen molar-refractivity contribution >= 4 is 23.6 Å². The highest BCUT2D eigenvalue weighted by atomic mass is 19.4. The van der Waals surface area contributed by atoms with E-state index in [0.29, 0.717) is 30.1 Å². The molecule has 0 saturated carbocycles. The Hall–Kier alpha value is -4.67. The molecular weight excluding hydrogens is 513 g/mol. The van der Waals surface area contributed by atoms with Gasteiger partial charge >= 0.3 is 12.1 Å². The number of anilines is 1. The average Bonchev–Trinajstić information content (AvgIpc) is 3.65. The van der Waals surface area contributed by atoms with Crippen LogP contribution >= 0.6 is 0 Å². The Kier molecular flexibility index (Phi) is 7.31. The molecular formula is C28H23F3N4O4. The fraction of sp³-hybridized carbons (Fsp3) is 0.214. The number of carbonyl (C=O) groups excluding carboxylic acids is 2. The second kappa shape index (κ2) is 11.0.